The Morgan fingerprint density at radius 3 is 2.58 bits per heavy atom. The number of nitrogens with zero attached hydrogens (tertiary/aromatic N) is 1. The number of carbonyl (C=O) groups is 2. The molecule has 0 fully saturated rings. The lowest BCUT2D eigenvalue weighted by Gasteiger charge is -2.20. The number of amides is 1. The number of rotatable bonds is 6. The van der Waals surface area contributed by atoms with Gasteiger partial charge < -0.3 is 10.8 Å². The maximum absolute atomic E-state index is 11.9. The lowest BCUT2D eigenvalue weighted by Crippen LogP contribution is -2.42. The molecule has 0 aromatic carbocycles. The second-order valence-electron chi connectivity index (χ2n) is 4.37. The van der Waals surface area contributed by atoms with E-state index in [9.17, 15) is 18.0 Å². The summed E-state index contributed by atoms with van der Waals surface area (Å²) in [4.78, 5) is 25.4. The third kappa shape index (κ3) is 3.49. The van der Waals surface area contributed by atoms with Gasteiger partial charge >= 0.3 is 5.97 Å². The molecule has 1 aromatic heterocycles. The quantitative estimate of drug-likeness (QED) is 0.655. The second kappa shape index (κ2) is 5.23. The second-order valence-corrected chi connectivity index (χ2v) is 7.18. The van der Waals surface area contributed by atoms with Crippen molar-refractivity contribution in [3.63, 3.8) is 0 Å². The number of nitrogens with one attached hydrogen (secondary N) is 1. The minimum Gasteiger partial charge on any atom is -0.476 e. The molecule has 1 rings (SSSR count). The molecule has 0 aliphatic carbocycles. The minimum atomic E-state index is -4.04. The minimum absolute atomic E-state index is 0.234. The zero-order valence-corrected chi connectivity index (χ0v) is 11.8. The van der Waals surface area contributed by atoms with Gasteiger partial charge in [-0.25, -0.2) is 22.9 Å². The number of nitrogens with two attached hydrogens (primary N) is 1. The molecule has 0 unspecified atom stereocenters. The van der Waals surface area contributed by atoms with Crippen LogP contribution in [0.2, 0.25) is 0 Å². The normalized spacial score (nSPS) is 12.3. The number of thiazole rings is 1. The Morgan fingerprint density at radius 2 is 2.11 bits per heavy atom. The third-order valence-electron chi connectivity index (χ3n) is 2.35. The Morgan fingerprint density at radius 1 is 1.53 bits per heavy atom. The standard InChI is InChI=1S/C9H13N3O5S2/c1-9(2,8(10)15)3-12-19(16,17)7-5(6(13)14)11-4-18-7/h4,12H,3H2,1-2H3,(H2,10,15)(H,13,14). The molecular weight excluding hydrogens is 294 g/mol. The third-order valence-corrected chi connectivity index (χ3v) is 5.12. The van der Waals surface area contributed by atoms with Gasteiger partial charge in [0.15, 0.2) is 9.90 Å². The van der Waals surface area contributed by atoms with Gasteiger partial charge in [0.2, 0.25) is 5.91 Å². The van der Waals surface area contributed by atoms with Gasteiger partial charge in [-0.2, -0.15) is 0 Å². The Labute approximate surface area is 113 Å². The highest BCUT2D eigenvalue weighted by molar-refractivity contribution is 7.91. The molecule has 0 spiro atoms. The maximum atomic E-state index is 11.9. The van der Waals surface area contributed by atoms with Gasteiger partial charge in [0.05, 0.1) is 10.9 Å². The molecule has 0 radical (unpaired) electrons. The van der Waals surface area contributed by atoms with E-state index in [-0.39, 0.29) is 6.54 Å². The summed E-state index contributed by atoms with van der Waals surface area (Å²) in [5.74, 6) is -2.10. The van der Waals surface area contributed by atoms with Crippen molar-refractivity contribution in [2.45, 2.75) is 18.1 Å². The average molecular weight is 307 g/mol. The van der Waals surface area contributed by atoms with Crippen molar-refractivity contribution in [3.05, 3.63) is 11.2 Å². The molecule has 0 saturated heterocycles. The number of aromatic nitrogens is 1. The van der Waals surface area contributed by atoms with Crippen molar-refractivity contribution >= 4 is 33.2 Å². The van der Waals surface area contributed by atoms with Gasteiger partial charge in [-0.3, -0.25) is 4.79 Å². The summed E-state index contributed by atoms with van der Waals surface area (Å²) in [6, 6.07) is 0. The topological polar surface area (TPSA) is 139 Å². The highest BCUT2D eigenvalue weighted by atomic mass is 32.2. The van der Waals surface area contributed by atoms with Crippen molar-refractivity contribution in [1.82, 2.24) is 9.71 Å². The van der Waals surface area contributed by atoms with Crippen LogP contribution < -0.4 is 10.5 Å². The number of sulfonamides is 1. The Kier molecular flexibility index (Phi) is 4.28. The van der Waals surface area contributed by atoms with Crippen LogP contribution in [0, 0.1) is 5.41 Å². The first kappa shape index (κ1) is 15.5. The predicted octanol–water partition coefficient (Wildman–Crippen LogP) is -0.369. The van der Waals surface area contributed by atoms with Crippen LogP contribution in [0.3, 0.4) is 0 Å². The van der Waals surface area contributed by atoms with E-state index in [2.05, 4.69) is 9.71 Å². The number of carboxylic acids is 1. The SMILES string of the molecule is CC(C)(CNS(=O)(=O)c1scnc1C(=O)O)C(N)=O. The highest BCUT2D eigenvalue weighted by Gasteiger charge is 2.30. The number of primary amides is 1. The van der Waals surface area contributed by atoms with Crippen LogP contribution in [0.25, 0.3) is 0 Å². The molecule has 0 aliphatic heterocycles. The molecule has 19 heavy (non-hydrogen) atoms. The smallest absolute Gasteiger partial charge is 0.356 e. The van der Waals surface area contributed by atoms with Crippen LogP contribution in [0.4, 0.5) is 0 Å². The van der Waals surface area contributed by atoms with Crippen molar-refractivity contribution in [2.24, 2.45) is 11.1 Å². The van der Waals surface area contributed by atoms with Crippen molar-refractivity contribution in [1.29, 1.82) is 0 Å². The molecule has 1 aromatic rings. The van der Waals surface area contributed by atoms with E-state index in [0.717, 1.165) is 5.51 Å². The van der Waals surface area contributed by atoms with Crippen LogP contribution in [0.15, 0.2) is 9.72 Å². The first-order valence-electron chi connectivity index (χ1n) is 5.04. The lowest BCUT2D eigenvalue weighted by atomic mass is 9.93. The number of carbonyl (C=O) groups excluding carboxylic acids is 1. The van der Waals surface area contributed by atoms with E-state index < -0.39 is 37.2 Å². The van der Waals surface area contributed by atoms with E-state index in [1.54, 1.807) is 0 Å². The van der Waals surface area contributed by atoms with E-state index in [1.807, 2.05) is 0 Å². The summed E-state index contributed by atoms with van der Waals surface area (Å²) in [6.45, 7) is 2.72. The van der Waals surface area contributed by atoms with Crippen LogP contribution in [-0.4, -0.2) is 36.9 Å². The zero-order chi connectivity index (χ0) is 14.8. The molecule has 0 aliphatic rings. The van der Waals surface area contributed by atoms with Gasteiger partial charge in [-0.05, 0) is 13.8 Å². The average Bonchev–Trinajstić information content (AvgIpc) is 2.76. The molecule has 8 nitrogen and oxygen atoms in total. The fourth-order valence-corrected chi connectivity index (χ4v) is 3.39. The largest absolute Gasteiger partial charge is 0.476 e. The number of hydrogen-bond acceptors (Lipinski definition) is 6. The first-order valence-corrected chi connectivity index (χ1v) is 7.40. The molecule has 1 amide bonds. The predicted molar refractivity (Wildman–Crippen MR) is 67.2 cm³/mol. The monoisotopic (exact) mass is 307 g/mol. The van der Waals surface area contributed by atoms with Crippen molar-refractivity contribution < 1.29 is 23.1 Å². The van der Waals surface area contributed by atoms with E-state index in [1.165, 1.54) is 13.8 Å². The Bertz CT molecular complexity index is 605. The molecule has 4 N–H and O–H groups in total. The summed E-state index contributed by atoms with van der Waals surface area (Å²) in [6.07, 6.45) is 0. The molecular formula is C9H13N3O5S2. The van der Waals surface area contributed by atoms with Gasteiger partial charge in [0.1, 0.15) is 0 Å². The fraction of sp³-hybridized carbons (Fsp3) is 0.444. The van der Waals surface area contributed by atoms with Crippen molar-refractivity contribution in [2.75, 3.05) is 6.54 Å². The zero-order valence-electron chi connectivity index (χ0n) is 10.2. The molecule has 0 atom stereocenters. The summed E-state index contributed by atoms with van der Waals surface area (Å²) >= 11 is 0.685. The van der Waals surface area contributed by atoms with Crippen molar-refractivity contribution in [3.8, 4) is 0 Å². The molecule has 10 heteroatoms. The van der Waals surface area contributed by atoms with Gasteiger partial charge in [-0.15, -0.1) is 11.3 Å². The van der Waals surface area contributed by atoms with Crippen LogP contribution in [0.1, 0.15) is 24.3 Å². The summed E-state index contributed by atoms with van der Waals surface area (Å²) in [7, 11) is -4.04. The summed E-state index contributed by atoms with van der Waals surface area (Å²) < 4.78 is 25.6. The molecule has 106 valence electrons. The molecule has 0 bridgehead atoms. The number of hydrogen-bond donors (Lipinski definition) is 3. The van der Waals surface area contributed by atoms with Gasteiger partial charge in [0.25, 0.3) is 10.0 Å². The summed E-state index contributed by atoms with van der Waals surface area (Å²) in [5.41, 5.74) is 4.61. The van der Waals surface area contributed by atoms with Gasteiger partial charge in [0, 0.05) is 6.54 Å². The Hall–Kier alpha value is -1.52. The van der Waals surface area contributed by atoms with Crippen LogP contribution in [-0.2, 0) is 14.8 Å². The number of aromatic carboxylic acids is 1. The fourth-order valence-electron chi connectivity index (χ4n) is 0.997. The maximum Gasteiger partial charge on any atom is 0.356 e. The van der Waals surface area contributed by atoms with E-state index in [0.29, 0.717) is 11.3 Å². The van der Waals surface area contributed by atoms with E-state index in [4.69, 9.17) is 10.8 Å². The summed E-state index contributed by atoms with van der Waals surface area (Å²) in [5, 5.41) is 8.81. The lowest BCUT2D eigenvalue weighted by molar-refractivity contribution is -0.125. The van der Waals surface area contributed by atoms with E-state index >= 15 is 0 Å². The van der Waals surface area contributed by atoms with Gasteiger partial charge in [-0.1, -0.05) is 0 Å². The number of carboxylic acid groups (broad SMARTS) is 1. The van der Waals surface area contributed by atoms with Crippen LogP contribution >= 0.6 is 11.3 Å². The highest BCUT2D eigenvalue weighted by Crippen LogP contribution is 2.21. The first-order chi connectivity index (χ1) is 8.58. The Balaban J connectivity index is 2.97. The molecule has 1 heterocycles. The van der Waals surface area contributed by atoms with Crippen LogP contribution in [0.5, 0.6) is 0 Å². The molecule has 0 saturated carbocycles.